The van der Waals surface area contributed by atoms with E-state index in [2.05, 4.69) is 25.8 Å². The fourth-order valence-corrected chi connectivity index (χ4v) is 5.50. The highest BCUT2D eigenvalue weighted by atomic mass is 19.1. The molecule has 6 nitrogen and oxygen atoms in total. The molecule has 0 radical (unpaired) electrons. The number of rotatable bonds is 9. The molecular weight excluding hydrogens is 485 g/mol. The molecule has 7 heteroatoms. The van der Waals surface area contributed by atoms with E-state index in [0.29, 0.717) is 29.4 Å². The Kier molecular flexibility index (Phi) is 7.79. The van der Waals surface area contributed by atoms with Gasteiger partial charge < -0.3 is 19.3 Å². The number of hydrogen-bond acceptors (Lipinski definition) is 5. The second kappa shape index (κ2) is 10.7. The smallest absolute Gasteiger partial charge is 0.304 e. The molecule has 0 unspecified atom stereocenters. The summed E-state index contributed by atoms with van der Waals surface area (Å²) in [6.45, 7) is 8.54. The van der Waals surface area contributed by atoms with E-state index in [-0.39, 0.29) is 17.9 Å². The number of aryl methyl sites for hydroxylation is 1. The maximum atomic E-state index is 14.9. The number of aromatic nitrogens is 1. The minimum absolute atomic E-state index is 0.0931. The molecule has 0 fully saturated rings. The SMILES string of the molecule is COc1cc(-c2ccc(COc3ccc4c(c3)[C@](C)(CC(=O)O)CC4)cc2[C@@H](OC)C(C)(C)C)c(F)cn1. The third-order valence-corrected chi connectivity index (χ3v) is 7.37. The van der Waals surface area contributed by atoms with Crippen molar-refractivity contribution in [2.45, 2.75) is 65.1 Å². The van der Waals surface area contributed by atoms with Crippen molar-refractivity contribution >= 4 is 5.97 Å². The fraction of sp³-hybridized carbons (Fsp3) is 0.419. The van der Waals surface area contributed by atoms with E-state index in [1.54, 1.807) is 13.2 Å². The molecule has 0 amide bonds. The van der Waals surface area contributed by atoms with Gasteiger partial charge in [0.1, 0.15) is 18.2 Å². The number of carboxylic acid groups (broad SMARTS) is 1. The first-order valence-corrected chi connectivity index (χ1v) is 12.8. The predicted molar refractivity (Wildman–Crippen MR) is 144 cm³/mol. The zero-order chi connectivity index (χ0) is 27.7. The topological polar surface area (TPSA) is 77.9 Å². The number of methoxy groups -OCH3 is 2. The Morgan fingerprint density at radius 2 is 1.89 bits per heavy atom. The first kappa shape index (κ1) is 27.6. The van der Waals surface area contributed by atoms with E-state index in [4.69, 9.17) is 14.2 Å². The lowest BCUT2D eigenvalue weighted by Gasteiger charge is -2.32. The van der Waals surface area contributed by atoms with Gasteiger partial charge in [-0.05, 0) is 64.3 Å². The lowest BCUT2D eigenvalue weighted by molar-refractivity contribution is -0.138. The third-order valence-electron chi connectivity index (χ3n) is 7.37. The average Bonchev–Trinajstić information content (AvgIpc) is 3.18. The minimum atomic E-state index is -0.797. The highest BCUT2D eigenvalue weighted by Gasteiger charge is 2.36. The number of halogens is 1. The number of carboxylic acids is 1. The zero-order valence-corrected chi connectivity index (χ0v) is 22.9. The maximum Gasteiger partial charge on any atom is 0.304 e. The summed E-state index contributed by atoms with van der Waals surface area (Å²) in [7, 11) is 3.16. The van der Waals surface area contributed by atoms with Gasteiger partial charge in [-0.1, -0.05) is 45.9 Å². The number of carbonyl (C=O) groups is 1. The summed E-state index contributed by atoms with van der Waals surface area (Å²) in [6.07, 6.45) is 2.62. The average molecular weight is 522 g/mol. The van der Waals surface area contributed by atoms with Gasteiger partial charge in [0.15, 0.2) is 0 Å². The van der Waals surface area contributed by atoms with Crippen LogP contribution in [0, 0.1) is 11.2 Å². The molecule has 1 aliphatic carbocycles. The molecule has 0 saturated heterocycles. The fourth-order valence-electron chi connectivity index (χ4n) is 5.50. The van der Waals surface area contributed by atoms with Crippen molar-refractivity contribution in [3.05, 3.63) is 76.7 Å². The molecule has 4 rings (SSSR count). The normalized spacial score (nSPS) is 17.7. The molecule has 1 aliphatic rings. The lowest BCUT2D eigenvalue weighted by atomic mass is 9.81. The van der Waals surface area contributed by atoms with Gasteiger partial charge in [-0.3, -0.25) is 4.79 Å². The van der Waals surface area contributed by atoms with E-state index >= 15 is 0 Å². The molecule has 0 aliphatic heterocycles. The van der Waals surface area contributed by atoms with Gasteiger partial charge in [0.05, 0.1) is 25.8 Å². The highest BCUT2D eigenvalue weighted by molar-refractivity contribution is 5.70. The van der Waals surface area contributed by atoms with E-state index in [9.17, 15) is 14.3 Å². The summed E-state index contributed by atoms with van der Waals surface area (Å²) in [6, 6.07) is 13.4. The summed E-state index contributed by atoms with van der Waals surface area (Å²) in [5.41, 5.74) is 4.41. The molecule has 2 atom stereocenters. The summed E-state index contributed by atoms with van der Waals surface area (Å²) in [5.74, 6) is -0.218. The van der Waals surface area contributed by atoms with E-state index in [0.717, 1.165) is 29.5 Å². The van der Waals surface area contributed by atoms with Crippen LogP contribution in [0.4, 0.5) is 4.39 Å². The summed E-state index contributed by atoms with van der Waals surface area (Å²) in [4.78, 5) is 15.4. The van der Waals surface area contributed by atoms with E-state index in [1.165, 1.54) is 18.9 Å². The number of hydrogen-bond donors (Lipinski definition) is 1. The van der Waals surface area contributed by atoms with Crippen molar-refractivity contribution in [1.82, 2.24) is 4.98 Å². The van der Waals surface area contributed by atoms with Gasteiger partial charge in [-0.25, -0.2) is 9.37 Å². The number of nitrogens with zero attached hydrogens (tertiary/aromatic N) is 1. The van der Waals surface area contributed by atoms with Crippen LogP contribution < -0.4 is 9.47 Å². The largest absolute Gasteiger partial charge is 0.489 e. The first-order chi connectivity index (χ1) is 17.9. The van der Waals surface area contributed by atoms with Gasteiger partial charge in [0.25, 0.3) is 0 Å². The van der Waals surface area contributed by atoms with Crippen LogP contribution in [0.15, 0.2) is 48.7 Å². The van der Waals surface area contributed by atoms with Crippen molar-refractivity contribution in [2.24, 2.45) is 5.41 Å². The van der Waals surface area contributed by atoms with Crippen LogP contribution in [0.5, 0.6) is 11.6 Å². The number of fused-ring (bicyclic) bond motifs is 1. The molecule has 0 bridgehead atoms. The lowest BCUT2D eigenvalue weighted by Crippen LogP contribution is -2.22. The molecule has 1 aromatic heterocycles. The van der Waals surface area contributed by atoms with Gasteiger partial charge in [0, 0.05) is 24.2 Å². The Bertz CT molecular complexity index is 1330. The molecule has 1 heterocycles. The molecule has 38 heavy (non-hydrogen) atoms. The third kappa shape index (κ3) is 5.68. The Balaban J connectivity index is 1.67. The van der Waals surface area contributed by atoms with E-state index < -0.39 is 17.2 Å². The quantitative estimate of drug-likeness (QED) is 0.330. The number of benzene rings is 2. The monoisotopic (exact) mass is 521 g/mol. The number of pyridine rings is 1. The van der Waals surface area contributed by atoms with Crippen LogP contribution in [0.3, 0.4) is 0 Å². The van der Waals surface area contributed by atoms with Crippen molar-refractivity contribution < 1.29 is 28.5 Å². The van der Waals surface area contributed by atoms with E-state index in [1.807, 2.05) is 43.3 Å². The Morgan fingerprint density at radius 1 is 1.13 bits per heavy atom. The summed E-state index contributed by atoms with van der Waals surface area (Å²) in [5, 5.41) is 9.41. The van der Waals surface area contributed by atoms with Gasteiger partial charge in [0.2, 0.25) is 5.88 Å². The molecule has 3 aromatic rings. The van der Waals surface area contributed by atoms with Gasteiger partial charge in [-0.15, -0.1) is 0 Å². The highest BCUT2D eigenvalue weighted by Crippen LogP contribution is 2.44. The number of ether oxygens (including phenoxy) is 3. The standard InChI is InChI=1S/C31H36FNO5/c1-30(2,3)29(37-6)24-13-19(7-10-22(24)23-15-27(36-5)33-17-26(23)32)18-38-21-9-8-20-11-12-31(4,16-28(34)35)25(20)14-21/h7-10,13-15,17,29H,11-12,16,18H2,1-6H3,(H,34,35)/t29-,31+/m1/s1. The van der Waals surface area contributed by atoms with Crippen LogP contribution in [-0.2, 0) is 28.0 Å². The first-order valence-electron chi connectivity index (χ1n) is 12.8. The molecule has 2 aromatic carbocycles. The second-order valence-electron chi connectivity index (χ2n) is 11.3. The Hall–Kier alpha value is -3.45. The van der Waals surface area contributed by atoms with Crippen molar-refractivity contribution in [1.29, 1.82) is 0 Å². The Labute approximate surface area is 223 Å². The zero-order valence-electron chi connectivity index (χ0n) is 22.9. The van der Waals surface area contributed by atoms with Crippen LogP contribution in [-0.4, -0.2) is 30.3 Å². The van der Waals surface area contributed by atoms with Crippen LogP contribution in [0.1, 0.15) is 68.9 Å². The molecular formula is C31H36FNO5. The van der Waals surface area contributed by atoms with Crippen molar-refractivity contribution in [3.8, 4) is 22.8 Å². The molecule has 202 valence electrons. The molecule has 0 saturated carbocycles. The van der Waals surface area contributed by atoms with Crippen LogP contribution in [0.25, 0.3) is 11.1 Å². The predicted octanol–water partition coefficient (Wildman–Crippen LogP) is 6.89. The summed E-state index contributed by atoms with van der Waals surface area (Å²) < 4.78 is 32.3. The van der Waals surface area contributed by atoms with Crippen molar-refractivity contribution in [3.63, 3.8) is 0 Å². The van der Waals surface area contributed by atoms with Crippen LogP contribution in [0.2, 0.25) is 0 Å². The number of aliphatic carboxylic acids is 1. The second-order valence-corrected chi connectivity index (χ2v) is 11.3. The van der Waals surface area contributed by atoms with Crippen molar-refractivity contribution in [2.75, 3.05) is 14.2 Å². The molecule has 1 N–H and O–H groups in total. The van der Waals surface area contributed by atoms with Crippen LogP contribution >= 0.6 is 0 Å². The molecule has 0 spiro atoms. The minimum Gasteiger partial charge on any atom is -0.489 e. The van der Waals surface area contributed by atoms with Gasteiger partial charge in [-0.2, -0.15) is 0 Å². The summed E-state index contributed by atoms with van der Waals surface area (Å²) >= 11 is 0. The Morgan fingerprint density at radius 3 is 2.55 bits per heavy atom. The van der Waals surface area contributed by atoms with Gasteiger partial charge >= 0.3 is 5.97 Å². The maximum absolute atomic E-state index is 14.9.